The molecule has 0 radical (unpaired) electrons. The molecule has 93 heavy (non-hydrogen) atoms. The summed E-state index contributed by atoms with van der Waals surface area (Å²) in [6.07, 6.45) is 53.2. The number of phosphoric acid groups is 2. The van der Waals surface area contributed by atoms with E-state index in [1.54, 1.807) is 0 Å². The maximum Gasteiger partial charge on any atom is 0.472 e. The second kappa shape index (κ2) is 66.0. The van der Waals surface area contributed by atoms with E-state index in [9.17, 15) is 43.2 Å². The number of hydrogen-bond acceptors (Lipinski definition) is 15. The fourth-order valence-corrected chi connectivity index (χ4v) is 12.9. The van der Waals surface area contributed by atoms with E-state index in [1.807, 2.05) is 0 Å². The van der Waals surface area contributed by atoms with Crippen molar-refractivity contribution in [2.75, 3.05) is 39.6 Å². The number of carbonyl (C=O) groups is 4. The second-order valence-electron chi connectivity index (χ2n) is 27.6. The van der Waals surface area contributed by atoms with Crippen molar-refractivity contribution in [3.05, 3.63) is 0 Å². The Morgan fingerprint density at radius 1 is 0.290 bits per heavy atom. The molecule has 0 aliphatic heterocycles. The first-order valence-corrected chi connectivity index (χ1v) is 41.5. The molecule has 19 heteroatoms. The predicted molar refractivity (Wildman–Crippen MR) is 377 cm³/mol. The van der Waals surface area contributed by atoms with Gasteiger partial charge in [0, 0.05) is 25.7 Å². The molecule has 0 aliphatic rings. The summed E-state index contributed by atoms with van der Waals surface area (Å²) in [5.74, 6) is -0.660. The van der Waals surface area contributed by atoms with E-state index >= 15 is 0 Å². The third kappa shape index (κ3) is 68.4. The minimum atomic E-state index is -4.95. The molecule has 0 fully saturated rings. The third-order valence-electron chi connectivity index (χ3n) is 17.2. The molecule has 5 atom stereocenters. The summed E-state index contributed by atoms with van der Waals surface area (Å²) in [5.41, 5.74) is 0. The van der Waals surface area contributed by atoms with Crippen molar-refractivity contribution in [1.82, 2.24) is 0 Å². The molecule has 0 saturated carbocycles. The van der Waals surface area contributed by atoms with Gasteiger partial charge in [-0.15, -0.1) is 0 Å². The minimum Gasteiger partial charge on any atom is -0.462 e. The molecule has 17 nitrogen and oxygen atoms in total. The molecule has 0 aromatic heterocycles. The maximum atomic E-state index is 13.1. The van der Waals surface area contributed by atoms with E-state index in [4.69, 9.17) is 37.0 Å². The maximum absolute atomic E-state index is 13.1. The van der Waals surface area contributed by atoms with Gasteiger partial charge >= 0.3 is 39.5 Å². The van der Waals surface area contributed by atoms with Gasteiger partial charge in [-0.25, -0.2) is 9.13 Å². The third-order valence-corrected chi connectivity index (χ3v) is 19.1. The highest BCUT2D eigenvalue weighted by molar-refractivity contribution is 7.47. The van der Waals surface area contributed by atoms with Gasteiger partial charge in [0.15, 0.2) is 12.2 Å². The molecular formula is C74H144O17P2. The van der Waals surface area contributed by atoms with Crippen molar-refractivity contribution in [2.45, 2.75) is 400 Å². The van der Waals surface area contributed by atoms with Crippen molar-refractivity contribution >= 4 is 39.5 Å². The first-order valence-electron chi connectivity index (χ1n) is 38.5. The average Bonchev–Trinajstić information content (AvgIpc) is 2.45. The average molecular weight is 1370 g/mol. The summed E-state index contributed by atoms with van der Waals surface area (Å²) in [6.45, 7) is 9.46. The van der Waals surface area contributed by atoms with Crippen LogP contribution in [0.25, 0.3) is 0 Å². The van der Waals surface area contributed by atoms with Crippen LogP contribution in [0.1, 0.15) is 382 Å². The van der Waals surface area contributed by atoms with Crippen LogP contribution in [-0.2, 0) is 65.4 Å². The Kier molecular flexibility index (Phi) is 64.6. The molecule has 2 unspecified atom stereocenters. The molecule has 0 spiro atoms. The lowest BCUT2D eigenvalue weighted by molar-refractivity contribution is -0.161. The molecule has 552 valence electrons. The number of ether oxygens (including phenoxy) is 4. The fraction of sp³-hybridized carbons (Fsp3) is 0.946. The fourth-order valence-electron chi connectivity index (χ4n) is 11.3. The van der Waals surface area contributed by atoms with E-state index in [0.717, 1.165) is 109 Å². The Labute approximate surface area is 568 Å². The van der Waals surface area contributed by atoms with Gasteiger partial charge in [-0.1, -0.05) is 330 Å². The Balaban J connectivity index is 5.15. The van der Waals surface area contributed by atoms with Gasteiger partial charge in [0.1, 0.15) is 19.3 Å². The lowest BCUT2D eigenvalue weighted by atomic mass is 10.0. The van der Waals surface area contributed by atoms with Crippen LogP contribution in [0.2, 0.25) is 0 Å². The molecule has 0 aliphatic carbocycles. The molecule has 0 saturated heterocycles. The van der Waals surface area contributed by atoms with E-state index in [0.29, 0.717) is 31.6 Å². The van der Waals surface area contributed by atoms with Crippen molar-refractivity contribution in [1.29, 1.82) is 0 Å². The van der Waals surface area contributed by atoms with E-state index in [1.165, 1.54) is 186 Å². The van der Waals surface area contributed by atoms with Gasteiger partial charge in [0.2, 0.25) is 0 Å². The molecule has 0 heterocycles. The number of carbonyl (C=O) groups excluding carboxylic acids is 4. The zero-order valence-corrected chi connectivity index (χ0v) is 62.3. The summed E-state index contributed by atoms with van der Waals surface area (Å²) in [7, 11) is -9.90. The van der Waals surface area contributed by atoms with Crippen molar-refractivity contribution in [2.24, 2.45) is 11.8 Å². The molecular weight excluding hydrogens is 1220 g/mol. The second-order valence-corrected chi connectivity index (χ2v) is 30.5. The zero-order chi connectivity index (χ0) is 68.6. The highest BCUT2D eigenvalue weighted by atomic mass is 31.2. The van der Waals surface area contributed by atoms with Crippen LogP contribution in [0.15, 0.2) is 0 Å². The van der Waals surface area contributed by atoms with Crippen LogP contribution in [0.3, 0.4) is 0 Å². The zero-order valence-electron chi connectivity index (χ0n) is 60.6. The van der Waals surface area contributed by atoms with Gasteiger partial charge in [-0.05, 0) is 37.5 Å². The van der Waals surface area contributed by atoms with Crippen molar-refractivity contribution in [3.8, 4) is 0 Å². The SMILES string of the molecule is CCCCCCCCCCCCCCCCCCCCCCC(=O)O[C@H](COC(=O)CCCCCCCCCCCCCCCCC(C)C)COP(=O)(O)OC[C@@H](O)COP(=O)(O)OC[C@@H](COC(=O)CCCCCCCCC)OC(=O)CCCCCCCCC(C)C. The number of aliphatic hydroxyl groups excluding tert-OH is 1. The van der Waals surface area contributed by atoms with E-state index in [-0.39, 0.29) is 25.7 Å². The van der Waals surface area contributed by atoms with Crippen LogP contribution in [0.4, 0.5) is 0 Å². The van der Waals surface area contributed by atoms with E-state index in [2.05, 4.69) is 41.5 Å². The van der Waals surface area contributed by atoms with E-state index < -0.39 is 97.5 Å². The number of hydrogen-bond donors (Lipinski definition) is 3. The Hall–Kier alpha value is -1.94. The normalized spacial score (nSPS) is 14.1. The van der Waals surface area contributed by atoms with Crippen LogP contribution in [0, 0.1) is 11.8 Å². The highest BCUT2D eigenvalue weighted by Gasteiger charge is 2.30. The minimum absolute atomic E-state index is 0.102. The smallest absolute Gasteiger partial charge is 0.462 e. The Bertz CT molecular complexity index is 1800. The molecule has 0 rings (SSSR count). The topological polar surface area (TPSA) is 237 Å². The van der Waals surface area contributed by atoms with Gasteiger partial charge in [0.25, 0.3) is 0 Å². The molecule has 0 aromatic carbocycles. The van der Waals surface area contributed by atoms with Gasteiger partial charge in [0.05, 0.1) is 26.4 Å². The number of unbranched alkanes of at least 4 members (excludes halogenated alkanes) is 43. The van der Waals surface area contributed by atoms with Crippen molar-refractivity contribution in [3.63, 3.8) is 0 Å². The quantitative estimate of drug-likeness (QED) is 0.0222. The highest BCUT2D eigenvalue weighted by Crippen LogP contribution is 2.45. The summed E-state index contributed by atoms with van der Waals surface area (Å²) in [5, 5.41) is 10.6. The largest absolute Gasteiger partial charge is 0.472 e. The number of aliphatic hydroxyl groups is 1. The van der Waals surface area contributed by atoms with Crippen LogP contribution < -0.4 is 0 Å². The first-order chi connectivity index (χ1) is 44.9. The Morgan fingerprint density at radius 3 is 0.731 bits per heavy atom. The van der Waals surface area contributed by atoms with Crippen molar-refractivity contribution < 1.29 is 80.2 Å². The van der Waals surface area contributed by atoms with Crippen LogP contribution in [0.5, 0.6) is 0 Å². The first kappa shape index (κ1) is 91.1. The number of rotatable bonds is 73. The molecule has 0 bridgehead atoms. The lowest BCUT2D eigenvalue weighted by Crippen LogP contribution is -2.30. The number of phosphoric ester groups is 2. The predicted octanol–water partition coefficient (Wildman–Crippen LogP) is 21.6. The number of esters is 4. The molecule has 0 amide bonds. The van der Waals surface area contributed by atoms with Crippen LogP contribution >= 0.6 is 15.6 Å². The van der Waals surface area contributed by atoms with Gasteiger partial charge < -0.3 is 33.8 Å². The Morgan fingerprint density at radius 2 is 0.495 bits per heavy atom. The standard InChI is InChI=1S/C74H144O17P2/c1-7-9-11-13-15-16-17-18-19-20-21-22-23-24-29-32-35-39-46-52-58-73(78)90-69(63-85-72(77)57-51-45-38-34-31-28-26-25-27-30-33-37-42-48-54-66(3)4)64-88-92(80,81)86-60-68(75)61-87-93(82,83)89-65-70(62-84-71(76)56-50-44-36-14-12-10-8-2)91-74(79)59-53-47-41-40-43-49-55-67(5)6/h66-70,75H,7-65H2,1-6H3,(H,80,81)(H,82,83)/t68-,69-,70-/m1/s1. The molecule has 0 aromatic rings. The summed E-state index contributed by atoms with van der Waals surface area (Å²) in [6, 6.07) is 0. The monoisotopic (exact) mass is 1370 g/mol. The molecule has 3 N–H and O–H groups in total. The van der Waals surface area contributed by atoms with Gasteiger partial charge in [-0.2, -0.15) is 0 Å². The summed E-state index contributed by atoms with van der Waals surface area (Å²) in [4.78, 5) is 72.5. The lowest BCUT2D eigenvalue weighted by Gasteiger charge is -2.21. The summed E-state index contributed by atoms with van der Waals surface area (Å²) < 4.78 is 68.3. The van der Waals surface area contributed by atoms with Gasteiger partial charge in [-0.3, -0.25) is 37.3 Å². The van der Waals surface area contributed by atoms with Crippen LogP contribution in [-0.4, -0.2) is 96.7 Å². The summed E-state index contributed by atoms with van der Waals surface area (Å²) >= 11 is 0.